The maximum absolute atomic E-state index is 6.21. The van der Waals surface area contributed by atoms with E-state index in [4.69, 9.17) is 21.4 Å². The van der Waals surface area contributed by atoms with Crippen molar-refractivity contribution in [2.45, 2.75) is 6.92 Å². The van der Waals surface area contributed by atoms with Gasteiger partial charge in [0.25, 0.3) is 0 Å². The monoisotopic (exact) mass is 328 g/mol. The molecular weight excluding hydrogens is 312 g/mol. The van der Waals surface area contributed by atoms with Crippen LogP contribution >= 0.6 is 11.6 Å². The average molecular weight is 329 g/mol. The molecule has 0 atom stereocenters. The second-order valence-corrected chi connectivity index (χ2v) is 6.09. The summed E-state index contributed by atoms with van der Waals surface area (Å²) in [4.78, 5) is 6.63. The Morgan fingerprint density at radius 2 is 1.83 bits per heavy atom. The zero-order valence-electron chi connectivity index (χ0n) is 12.9. The van der Waals surface area contributed by atoms with Crippen molar-refractivity contribution in [3.05, 3.63) is 47.1 Å². The van der Waals surface area contributed by atoms with Crippen LogP contribution in [0, 0.1) is 6.92 Å². The predicted octanol–water partition coefficient (Wildman–Crippen LogP) is 3.19. The van der Waals surface area contributed by atoms with Crippen molar-refractivity contribution < 1.29 is 4.74 Å². The molecule has 1 saturated heterocycles. The van der Waals surface area contributed by atoms with Gasteiger partial charge in [-0.1, -0.05) is 41.4 Å². The first-order valence-electron chi connectivity index (χ1n) is 7.67. The molecule has 6 heteroatoms. The van der Waals surface area contributed by atoms with Crippen LogP contribution in [0.15, 0.2) is 36.4 Å². The van der Waals surface area contributed by atoms with Crippen LogP contribution in [0.3, 0.4) is 0 Å². The van der Waals surface area contributed by atoms with Gasteiger partial charge in [0, 0.05) is 30.8 Å². The summed E-state index contributed by atoms with van der Waals surface area (Å²) in [5.41, 5.74) is 3.96. The summed E-state index contributed by atoms with van der Waals surface area (Å²) in [7, 11) is 0. The minimum Gasteiger partial charge on any atom is -0.378 e. The maximum Gasteiger partial charge on any atom is 0.159 e. The molecule has 2 aromatic heterocycles. The number of hydrogen-bond donors (Lipinski definition) is 0. The summed E-state index contributed by atoms with van der Waals surface area (Å²) >= 11 is 6.21. The van der Waals surface area contributed by atoms with Crippen molar-refractivity contribution in [1.29, 1.82) is 0 Å². The first kappa shape index (κ1) is 14.5. The van der Waals surface area contributed by atoms with E-state index in [9.17, 15) is 0 Å². The number of morpholine rings is 1. The Kier molecular flexibility index (Phi) is 3.67. The first-order chi connectivity index (χ1) is 11.2. The van der Waals surface area contributed by atoms with Gasteiger partial charge < -0.3 is 9.64 Å². The van der Waals surface area contributed by atoms with E-state index in [1.54, 1.807) is 0 Å². The Morgan fingerprint density at radius 1 is 1.09 bits per heavy atom. The number of aromatic nitrogens is 3. The summed E-state index contributed by atoms with van der Waals surface area (Å²) < 4.78 is 7.30. The molecule has 0 radical (unpaired) electrons. The first-order valence-corrected chi connectivity index (χ1v) is 8.04. The highest BCUT2D eigenvalue weighted by atomic mass is 35.5. The van der Waals surface area contributed by atoms with Crippen LogP contribution in [0.25, 0.3) is 16.9 Å². The van der Waals surface area contributed by atoms with Gasteiger partial charge in [-0.25, -0.2) is 4.98 Å². The molecule has 23 heavy (non-hydrogen) atoms. The lowest BCUT2D eigenvalue weighted by atomic mass is 10.1. The van der Waals surface area contributed by atoms with Crippen molar-refractivity contribution in [2.24, 2.45) is 0 Å². The molecule has 0 bridgehead atoms. The molecule has 5 nitrogen and oxygen atoms in total. The Balaban J connectivity index is 1.82. The van der Waals surface area contributed by atoms with E-state index in [0.717, 1.165) is 35.8 Å². The lowest BCUT2D eigenvalue weighted by Gasteiger charge is -2.28. The van der Waals surface area contributed by atoms with Crippen molar-refractivity contribution in [1.82, 2.24) is 14.6 Å². The summed E-state index contributed by atoms with van der Waals surface area (Å²) in [5, 5.41) is 5.22. The molecule has 0 saturated carbocycles. The third-order valence-electron chi connectivity index (χ3n) is 4.06. The minimum absolute atomic E-state index is 0.481. The molecule has 0 aliphatic carbocycles. The number of ether oxygens (including phenoxy) is 1. The standard InChI is InChI=1S/C17H17ClN4O/c1-12-2-4-13(5-3-12)14-10-16-19-15(18)11-17(22(16)20-14)21-6-8-23-9-7-21/h2-5,10-11H,6-9H2,1H3. The van der Waals surface area contributed by atoms with Gasteiger partial charge >= 0.3 is 0 Å². The summed E-state index contributed by atoms with van der Waals surface area (Å²) in [5.74, 6) is 0.960. The number of nitrogens with zero attached hydrogens (tertiary/aromatic N) is 4. The molecule has 3 heterocycles. The highest BCUT2D eigenvalue weighted by molar-refractivity contribution is 6.29. The van der Waals surface area contributed by atoms with E-state index < -0.39 is 0 Å². The van der Waals surface area contributed by atoms with E-state index in [1.165, 1.54) is 5.56 Å². The zero-order chi connectivity index (χ0) is 15.8. The van der Waals surface area contributed by atoms with Gasteiger partial charge in [0.1, 0.15) is 11.0 Å². The normalized spacial score (nSPS) is 15.3. The fraction of sp³-hybridized carbons (Fsp3) is 0.294. The number of benzene rings is 1. The number of hydrogen-bond acceptors (Lipinski definition) is 4. The second kappa shape index (κ2) is 5.83. The summed E-state index contributed by atoms with van der Waals surface area (Å²) in [6.07, 6.45) is 0. The Bertz CT molecular complexity index is 838. The molecule has 4 rings (SSSR count). The van der Waals surface area contributed by atoms with Crippen LogP contribution in [0.4, 0.5) is 5.82 Å². The summed E-state index contributed by atoms with van der Waals surface area (Å²) in [6.45, 7) is 5.16. The lowest BCUT2D eigenvalue weighted by Crippen LogP contribution is -2.37. The third-order valence-corrected chi connectivity index (χ3v) is 4.25. The van der Waals surface area contributed by atoms with E-state index in [2.05, 4.69) is 41.1 Å². The van der Waals surface area contributed by atoms with Crippen molar-refractivity contribution in [3.63, 3.8) is 0 Å². The molecule has 0 amide bonds. The predicted molar refractivity (Wildman–Crippen MR) is 91.2 cm³/mol. The molecule has 1 fully saturated rings. The number of anilines is 1. The van der Waals surface area contributed by atoms with Crippen molar-refractivity contribution in [2.75, 3.05) is 31.2 Å². The number of rotatable bonds is 2. The van der Waals surface area contributed by atoms with Gasteiger partial charge in [0.2, 0.25) is 0 Å². The average Bonchev–Trinajstić information content (AvgIpc) is 2.99. The van der Waals surface area contributed by atoms with Gasteiger partial charge in [-0.2, -0.15) is 9.61 Å². The Morgan fingerprint density at radius 3 is 2.57 bits per heavy atom. The highest BCUT2D eigenvalue weighted by Crippen LogP contribution is 2.25. The fourth-order valence-corrected chi connectivity index (χ4v) is 3.00. The van der Waals surface area contributed by atoms with Crippen LogP contribution in [0.1, 0.15) is 5.56 Å². The second-order valence-electron chi connectivity index (χ2n) is 5.70. The summed E-state index contributed by atoms with van der Waals surface area (Å²) in [6, 6.07) is 12.2. The smallest absolute Gasteiger partial charge is 0.159 e. The molecule has 1 aliphatic heterocycles. The van der Waals surface area contributed by atoms with Crippen molar-refractivity contribution >= 4 is 23.1 Å². The zero-order valence-corrected chi connectivity index (χ0v) is 13.6. The van der Waals surface area contributed by atoms with Crippen LogP contribution in [-0.4, -0.2) is 40.9 Å². The van der Waals surface area contributed by atoms with E-state index in [1.807, 2.05) is 16.6 Å². The van der Waals surface area contributed by atoms with Gasteiger partial charge in [0.15, 0.2) is 5.65 Å². The van der Waals surface area contributed by atoms with Crippen LogP contribution in [0.5, 0.6) is 0 Å². The third kappa shape index (κ3) is 2.78. The Hall–Kier alpha value is -2.11. The lowest BCUT2D eigenvalue weighted by molar-refractivity contribution is 0.122. The molecule has 3 aromatic rings. The van der Waals surface area contributed by atoms with E-state index in [-0.39, 0.29) is 0 Å². The van der Waals surface area contributed by atoms with E-state index >= 15 is 0 Å². The van der Waals surface area contributed by atoms with Crippen LogP contribution in [0.2, 0.25) is 5.15 Å². The quantitative estimate of drug-likeness (QED) is 0.678. The molecule has 1 aliphatic rings. The van der Waals surface area contributed by atoms with Crippen LogP contribution < -0.4 is 4.90 Å². The molecule has 118 valence electrons. The number of halogens is 1. The SMILES string of the molecule is Cc1ccc(-c2cc3nc(Cl)cc(N4CCOCC4)n3n2)cc1. The highest BCUT2D eigenvalue weighted by Gasteiger charge is 2.17. The van der Waals surface area contributed by atoms with Gasteiger partial charge in [-0.05, 0) is 6.92 Å². The molecular formula is C17H17ClN4O. The van der Waals surface area contributed by atoms with Crippen molar-refractivity contribution in [3.8, 4) is 11.3 Å². The number of fused-ring (bicyclic) bond motifs is 1. The molecule has 1 aromatic carbocycles. The largest absolute Gasteiger partial charge is 0.378 e. The topological polar surface area (TPSA) is 42.7 Å². The van der Waals surface area contributed by atoms with E-state index in [0.29, 0.717) is 18.4 Å². The molecule has 0 N–H and O–H groups in total. The van der Waals surface area contributed by atoms with Gasteiger partial charge in [-0.3, -0.25) is 0 Å². The maximum atomic E-state index is 6.21. The van der Waals surface area contributed by atoms with Crippen LogP contribution in [-0.2, 0) is 4.74 Å². The fourth-order valence-electron chi connectivity index (χ4n) is 2.81. The van der Waals surface area contributed by atoms with Gasteiger partial charge in [0.05, 0.1) is 18.9 Å². The minimum atomic E-state index is 0.481. The molecule has 0 unspecified atom stereocenters. The molecule has 0 spiro atoms. The van der Waals surface area contributed by atoms with Gasteiger partial charge in [-0.15, -0.1) is 0 Å². The Labute approximate surface area is 139 Å². The number of aryl methyl sites for hydroxylation is 1.